The number of aliphatic carboxylic acids is 1. The molecular formula is C25H22O4. The highest BCUT2D eigenvalue weighted by molar-refractivity contribution is 5.85. The van der Waals surface area contributed by atoms with Crippen LogP contribution in [0.4, 0.5) is 0 Å². The largest absolute Gasteiger partial charge is 0.481 e. The molecule has 1 saturated carbocycles. The SMILES string of the molecule is Cc1cccc(OC(=O)[C@H]2[C@H](c3ccccc3)[C@H](C(=O)O)[C@H]2c2ccccc2)c1. The second kappa shape index (κ2) is 7.92. The van der Waals surface area contributed by atoms with Crippen LogP contribution < -0.4 is 4.74 Å². The number of rotatable bonds is 5. The molecule has 4 nitrogen and oxygen atoms in total. The standard InChI is InChI=1S/C25H22O4/c1-16-9-8-14-19(15-16)29-25(28)23-20(17-10-4-2-5-11-17)22(24(26)27)21(23)18-12-6-3-7-13-18/h2-15,20-23H,1H3,(H,26,27)/t20-,21-,22-,23-/m1/s1. The predicted molar refractivity (Wildman–Crippen MR) is 110 cm³/mol. The topological polar surface area (TPSA) is 63.6 Å². The molecule has 0 heterocycles. The van der Waals surface area contributed by atoms with E-state index in [2.05, 4.69) is 0 Å². The number of carbonyl (C=O) groups is 2. The molecule has 3 aromatic carbocycles. The van der Waals surface area contributed by atoms with E-state index in [4.69, 9.17) is 4.74 Å². The first-order valence-corrected chi connectivity index (χ1v) is 9.67. The second-order valence-electron chi connectivity index (χ2n) is 7.50. The maximum Gasteiger partial charge on any atom is 0.315 e. The molecule has 0 aliphatic heterocycles. The normalized spacial score (nSPS) is 23.1. The van der Waals surface area contributed by atoms with Crippen molar-refractivity contribution >= 4 is 11.9 Å². The van der Waals surface area contributed by atoms with E-state index in [1.807, 2.05) is 79.7 Å². The Hall–Kier alpha value is -3.40. The molecule has 4 rings (SSSR count). The third-order valence-corrected chi connectivity index (χ3v) is 5.68. The van der Waals surface area contributed by atoms with Gasteiger partial charge in [0.05, 0.1) is 11.8 Å². The molecule has 0 unspecified atom stereocenters. The van der Waals surface area contributed by atoms with Crippen LogP contribution in [-0.2, 0) is 9.59 Å². The highest BCUT2D eigenvalue weighted by Crippen LogP contribution is 2.58. The summed E-state index contributed by atoms with van der Waals surface area (Å²) in [6, 6.07) is 26.1. The minimum Gasteiger partial charge on any atom is -0.481 e. The zero-order valence-electron chi connectivity index (χ0n) is 16.1. The summed E-state index contributed by atoms with van der Waals surface area (Å²) >= 11 is 0. The fourth-order valence-corrected chi connectivity index (χ4v) is 4.39. The van der Waals surface area contributed by atoms with Gasteiger partial charge in [-0.15, -0.1) is 0 Å². The Labute approximate surface area is 169 Å². The van der Waals surface area contributed by atoms with Crippen LogP contribution in [0.5, 0.6) is 5.75 Å². The smallest absolute Gasteiger partial charge is 0.315 e. The van der Waals surface area contributed by atoms with E-state index in [9.17, 15) is 14.7 Å². The Bertz CT molecular complexity index is 966. The Morgan fingerprint density at radius 3 is 1.79 bits per heavy atom. The van der Waals surface area contributed by atoms with Crippen LogP contribution in [0.1, 0.15) is 28.5 Å². The van der Waals surface area contributed by atoms with Gasteiger partial charge < -0.3 is 9.84 Å². The lowest BCUT2D eigenvalue weighted by atomic mass is 9.52. The van der Waals surface area contributed by atoms with E-state index in [1.165, 1.54) is 0 Å². The van der Waals surface area contributed by atoms with E-state index in [1.54, 1.807) is 12.1 Å². The van der Waals surface area contributed by atoms with Gasteiger partial charge in [0, 0.05) is 11.8 Å². The van der Waals surface area contributed by atoms with Crippen molar-refractivity contribution in [2.45, 2.75) is 18.8 Å². The molecule has 146 valence electrons. The van der Waals surface area contributed by atoms with Gasteiger partial charge in [-0.2, -0.15) is 0 Å². The monoisotopic (exact) mass is 386 g/mol. The third kappa shape index (κ3) is 3.66. The van der Waals surface area contributed by atoms with Gasteiger partial charge in [-0.3, -0.25) is 9.59 Å². The lowest BCUT2D eigenvalue weighted by Crippen LogP contribution is -2.52. The van der Waals surface area contributed by atoms with Crippen LogP contribution >= 0.6 is 0 Å². The molecule has 0 spiro atoms. The lowest BCUT2D eigenvalue weighted by Gasteiger charge is -2.48. The number of carboxylic acids is 1. The average molecular weight is 386 g/mol. The van der Waals surface area contributed by atoms with Gasteiger partial charge in [-0.1, -0.05) is 72.8 Å². The Balaban J connectivity index is 1.72. The molecule has 29 heavy (non-hydrogen) atoms. The minimum absolute atomic E-state index is 0.393. The number of aryl methyl sites for hydroxylation is 1. The van der Waals surface area contributed by atoms with Gasteiger partial charge >= 0.3 is 11.9 Å². The molecule has 4 heteroatoms. The van der Waals surface area contributed by atoms with Gasteiger partial charge in [0.2, 0.25) is 0 Å². The highest BCUT2D eigenvalue weighted by atomic mass is 16.5. The number of hydrogen-bond donors (Lipinski definition) is 1. The van der Waals surface area contributed by atoms with Crippen molar-refractivity contribution < 1.29 is 19.4 Å². The lowest BCUT2D eigenvalue weighted by molar-refractivity contribution is -0.158. The molecule has 0 amide bonds. The van der Waals surface area contributed by atoms with Crippen LogP contribution in [0.3, 0.4) is 0 Å². The maximum atomic E-state index is 13.2. The van der Waals surface area contributed by atoms with E-state index in [0.29, 0.717) is 5.75 Å². The first-order valence-electron chi connectivity index (χ1n) is 9.67. The minimum atomic E-state index is -0.896. The average Bonchev–Trinajstić information content (AvgIpc) is 2.68. The van der Waals surface area contributed by atoms with E-state index in [0.717, 1.165) is 16.7 Å². The second-order valence-corrected chi connectivity index (χ2v) is 7.50. The van der Waals surface area contributed by atoms with Gasteiger partial charge in [-0.05, 0) is 35.7 Å². The summed E-state index contributed by atoms with van der Waals surface area (Å²) in [4.78, 5) is 25.4. The summed E-state index contributed by atoms with van der Waals surface area (Å²) in [5.74, 6) is -2.93. The first-order chi connectivity index (χ1) is 14.1. The van der Waals surface area contributed by atoms with Crippen molar-refractivity contribution in [3.05, 3.63) is 102 Å². The molecule has 1 aliphatic carbocycles. The van der Waals surface area contributed by atoms with Crippen molar-refractivity contribution in [1.82, 2.24) is 0 Å². The Morgan fingerprint density at radius 2 is 1.31 bits per heavy atom. The number of carbonyl (C=O) groups excluding carboxylic acids is 1. The number of benzene rings is 3. The predicted octanol–water partition coefficient (Wildman–Crippen LogP) is 4.80. The van der Waals surface area contributed by atoms with Crippen molar-refractivity contribution in [2.75, 3.05) is 0 Å². The summed E-state index contributed by atoms with van der Waals surface area (Å²) in [5, 5.41) is 9.97. The fraction of sp³-hybridized carbons (Fsp3) is 0.200. The van der Waals surface area contributed by atoms with Crippen LogP contribution in [0.25, 0.3) is 0 Å². The van der Waals surface area contributed by atoms with Crippen molar-refractivity contribution in [2.24, 2.45) is 11.8 Å². The molecule has 0 radical (unpaired) electrons. The summed E-state index contributed by atoms with van der Waals surface area (Å²) in [5.41, 5.74) is 2.68. The summed E-state index contributed by atoms with van der Waals surface area (Å²) < 4.78 is 5.70. The van der Waals surface area contributed by atoms with Crippen LogP contribution in [0, 0.1) is 18.8 Å². The Morgan fingerprint density at radius 1 is 0.759 bits per heavy atom. The van der Waals surface area contributed by atoms with Crippen LogP contribution in [-0.4, -0.2) is 17.0 Å². The molecule has 1 aliphatic rings. The molecule has 0 saturated heterocycles. The number of esters is 1. The van der Waals surface area contributed by atoms with Crippen LogP contribution in [0.15, 0.2) is 84.9 Å². The van der Waals surface area contributed by atoms with E-state index in [-0.39, 0.29) is 0 Å². The third-order valence-electron chi connectivity index (χ3n) is 5.68. The highest BCUT2D eigenvalue weighted by Gasteiger charge is 2.59. The summed E-state index contributed by atoms with van der Waals surface area (Å²) in [6.45, 7) is 1.93. The van der Waals surface area contributed by atoms with E-state index < -0.39 is 35.6 Å². The summed E-state index contributed by atoms with van der Waals surface area (Å²) in [7, 11) is 0. The van der Waals surface area contributed by atoms with Gasteiger partial charge in [0.15, 0.2) is 0 Å². The van der Waals surface area contributed by atoms with Crippen molar-refractivity contribution in [1.29, 1.82) is 0 Å². The van der Waals surface area contributed by atoms with Crippen LogP contribution in [0.2, 0.25) is 0 Å². The van der Waals surface area contributed by atoms with Crippen molar-refractivity contribution in [3.8, 4) is 5.75 Å². The molecule has 1 fully saturated rings. The molecule has 1 N–H and O–H groups in total. The maximum absolute atomic E-state index is 13.2. The fourth-order valence-electron chi connectivity index (χ4n) is 4.39. The van der Waals surface area contributed by atoms with Gasteiger partial charge in [0.25, 0.3) is 0 Å². The first kappa shape index (κ1) is 18.9. The molecule has 2 atom stereocenters. The number of ether oxygens (including phenoxy) is 1. The van der Waals surface area contributed by atoms with E-state index >= 15 is 0 Å². The zero-order valence-corrected chi connectivity index (χ0v) is 16.1. The zero-order chi connectivity index (χ0) is 20.4. The Kier molecular flexibility index (Phi) is 5.17. The molecular weight excluding hydrogens is 364 g/mol. The van der Waals surface area contributed by atoms with Gasteiger partial charge in [0.1, 0.15) is 5.75 Å². The number of hydrogen-bond acceptors (Lipinski definition) is 3. The molecule has 3 aromatic rings. The van der Waals surface area contributed by atoms with Gasteiger partial charge in [-0.25, -0.2) is 0 Å². The van der Waals surface area contributed by atoms with Crippen molar-refractivity contribution in [3.63, 3.8) is 0 Å². The number of carboxylic acid groups (broad SMARTS) is 1. The molecule has 0 aromatic heterocycles. The summed E-state index contributed by atoms with van der Waals surface area (Å²) in [6.07, 6.45) is 0. The molecule has 0 bridgehead atoms. The quantitative estimate of drug-likeness (QED) is 0.505.